The van der Waals surface area contributed by atoms with Crippen molar-refractivity contribution in [2.24, 2.45) is 0 Å². The smallest absolute Gasteiger partial charge is 0.216 e. The highest BCUT2D eigenvalue weighted by Crippen LogP contribution is 2.24. The molecule has 0 saturated carbocycles. The number of benzene rings is 3. The summed E-state index contributed by atoms with van der Waals surface area (Å²) in [5, 5.41) is 9.83. The SMILES string of the molecule is N#C/C(=C\c1cccc(OCc2ccccc2)c1)S(=O)(=O)c1ccc(Cl)cc1. The second kappa shape index (κ2) is 8.75. The number of halogens is 1. The van der Waals surface area contributed by atoms with Crippen molar-refractivity contribution in [2.75, 3.05) is 0 Å². The number of nitriles is 1. The van der Waals surface area contributed by atoms with Gasteiger partial charge in [-0.2, -0.15) is 5.26 Å². The molecule has 0 aliphatic rings. The van der Waals surface area contributed by atoms with Gasteiger partial charge in [-0.25, -0.2) is 8.42 Å². The highest BCUT2D eigenvalue weighted by Gasteiger charge is 2.20. The van der Waals surface area contributed by atoms with Gasteiger partial charge in [0.15, 0.2) is 0 Å². The lowest BCUT2D eigenvalue weighted by atomic mass is 10.2. The summed E-state index contributed by atoms with van der Waals surface area (Å²) >= 11 is 5.81. The summed E-state index contributed by atoms with van der Waals surface area (Å²) < 4.78 is 31.2. The molecule has 3 rings (SSSR count). The number of nitrogens with zero attached hydrogens (tertiary/aromatic N) is 1. The fourth-order valence-corrected chi connectivity index (χ4v) is 3.78. The van der Waals surface area contributed by atoms with Gasteiger partial charge in [-0.15, -0.1) is 0 Å². The Hall–Kier alpha value is -3.07. The van der Waals surface area contributed by atoms with Gasteiger partial charge in [0.25, 0.3) is 0 Å². The van der Waals surface area contributed by atoms with Gasteiger partial charge in [0.1, 0.15) is 23.3 Å². The Morgan fingerprint density at radius 3 is 2.39 bits per heavy atom. The number of allylic oxidation sites excluding steroid dienone is 1. The van der Waals surface area contributed by atoms with Gasteiger partial charge in [-0.3, -0.25) is 0 Å². The Bertz CT molecular complexity index is 1130. The van der Waals surface area contributed by atoms with E-state index in [1.165, 1.54) is 30.3 Å². The largest absolute Gasteiger partial charge is 0.489 e. The zero-order valence-corrected chi connectivity index (χ0v) is 16.3. The third kappa shape index (κ3) is 4.80. The van der Waals surface area contributed by atoms with Gasteiger partial charge in [0.05, 0.1) is 4.90 Å². The van der Waals surface area contributed by atoms with Crippen molar-refractivity contribution >= 4 is 27.5 Å². The zero-order valence-electron chi connectivity index (χ0n) is 14.7. The summed E-state index contributed by atoms with van der Waals surface area (Å²) in [6, 6.07) is 24.1. The van der Waals surface area contributed by atoms with Crippen LogP contribution in [0.3, 0.4) is 0 Å². The molecule has 0 aliphatic carbocycles. The second-order valence-corrected chi connectivity index (χ2v) is 8.28. The van der Waals surface area contributed by atoms with E-state index in [0.717, 1.165) is 5.56 Å². The molecule has 4 nitrogen and oxygen atoms in total. The molecular weight excluding hydrogens is 394 g/mol. The first-order valence-electron chi connectivity index (χ1n) is 8.38. The number of ether oxygens (including phenoxy) is 1. The molecule has 0 atom stereocenters. The van der Waals surface area contributed by atoms with Crippen LogP contribution < -0.4 is 4.74 Å². The molecule has 0 unspecified atom stereocenters. The van der Waals surface area contributed by atoms with E-state index >= 15 is 0 Å². The molecule has 0 aliphatic heterocycles. The van der Waals surface area contributed by atoms with E-state index in [2.05, 4.69) is 0 Å². The first kappa shape index (κ1) is 19.7. The van der Waals surface area contributed by atoms with Crippen molar-refractivity contribution in [1.29, 1.82) is 5.26 Å². The van der Waals surface area contributed by atoms with E-state index in [1.54, 1.807) is 30.3 Å². The van der Waals surface area contributed by atoms with Gasteiger partial charge in [-0.1, -0.05) is 54.1 Å². The standard InChI is InChI=1S/C22H16ClNO3S/c23-19-9-11-21(12-10-19)28(25,26)22(15-24)14-18-7-4-8-20(13-18)27-16-17-5-2-1-3-6-17/h1-14H,16H2/b22-14+. The second-order valence-electron chi connectivity index (χ2n) is 5.92. The first-order chi connectivity index (χ1) is 13.5. The molecule has 0 aromatic heterocycles. The fraction of sp³-hybridized carbons (Fsp3) is 0.0455. The van der Waals surface area contributed by atoms with Crippen molar-refractivity contribution < 1.29 is 13.2 Å². The van der Waals surface area contributed by atoms with Crippen molar-refractivity contribution in [1.82, 2.24) is 0 Å². The highest BCUT2D eigenvalue weighted by atomic mass is 35.5. The average Bonchev–Trinajstić information content (AvgIpc) is 2.72. The summed E-state index contributed by atoms with van der Waals surface area (Å²) in [7, 11) is -3.93. The molecule has 6 heteroatoms. The van der Waals surface area contributed by atoms with Crippen LogP contribution >= 0.6 is 11.6 Å². The van der Waals surface area contributed by atoms with Crippen LogP contribution in [-0.2, 0) is 16.4 Å². The third-order valence-corrected chi connectivity index (χ3v) is 5.86. The van der Waals surface area contributed by atoms with Crippen LogP contribution in [0.15, 0.2) is 88.7 Å². The van der Waals surface area contributed by atoms with Crippen molar-refractivity contribution in [3.63, 3.8) is 0 Å². The molecule has 0 amide bonds. The molecule has 0 radical (unpaired) electrons. The van der Waals surface area contributed by atoms with Crippen molar-refractivity contribution in [2.45, 2.75) is 11.5 Å². The minimum atomic E-state index is -3.93. The molecule has 3 aromatic carbocycles. The van der Waals surface area contributed by atoms with Gasteiger partial charge < -0.3 is 4.74 Å². The van der Waals surface area contributed by atoms with Crippen LogP contribution in [0.4, 0.5) is 0 Å². The Morgan fingerprint density at radius 2 is 1.71 bits per heavy atom. The first-order valence-corrected chi connectivity index (χ1v) is 10.2. The predicted octanol–water partition coefficient (Wildman–Crippen LogP) is 5.26. The molecule has 0 bridgehead atoms. The van der Waals surface area contributed by atoms with Crippen LogP contribution in [0, 0.1) is 11.3 Å². The lowest BCUT2D eigenvalue weighted by Crippen LogP contribution is -2.03. The molecular formula is C22H16ClNO3S. The van der Waals surface area contributed by atoms with Gasteiger partial charge in [0, 0.05) is 5.02 Å². The number of hydrogen-bond acceptors (Lipinski definition) is 4. The topological polar surface area (TPSA) is 67.2 Å². The Balaban J connectivity index is 1.84. The maximum absolute atomic E-state index is 12.7. The predicted molar refractivity (Wildman–Crippen MR) is 109 cm³/mol. The van der Waals surface area contributed by atoms with Crippen LogP contribution in [0.5, 0.6) is 5.75 Å². The lowest BCUT2D eigenvalue weighted by molar-refractivity contribution is 0.306. The zero-order chi connectivity index (χ0) is 20.0. The number of sulfone groups is 1. The van der Waals surface area contributed by atoms with E-state index in [4.69, 9.17) is 16.3 Å². The highest BCUT2D eigenvalue weighted by molar-refractivity contribution is 7.95. The molecule has 0 heterocycles. The quantitative estimate of drug-likeness (QED) is 0.521. The van der Waals surface area contributed by atoms with E-state index in [1.807, 2.05) is 30.3 Å². The van der Waals surface area contributed by atoms with Crippen LogP contribution in [0.1, 0.15) is 11.1 Å². The molecule has 0 saturated heterocycles. The molecule has 0 N–H and O–H groups in total. The van der Waals surface area contributed by atoms with Gasteiger partial charge >= 0.3 is 0 Å². The van der Waals surface area contributed by atoms with E-state index in [0.29, 0.717) is 22.9 Å². The van der Waals surface area contributed by atoms with Gasteiger partial charge in [-0.05, 0) is 53.6 Å². The third-order valence-electron chi connectivity index (χ3n) is 3.93. The van der Waals surface area contributed by atoms with E-state index in [9.17, 15) is 13.7 Å². The Morgan fingerprint density at radius 1 is 1.00 bits per heavy atom. The summed E-state index contributed by atoms with van der Waals surface area (Å²) in [6.45, 7) is 0.391. The molecule has 0 fully saturated rings. The van der Waals surface area contributed by atoms with Crippen LogP contribution in [0.25, 0.3) is 6.08 Å². The van der Waals surface area contributed by atoms with Crippen LogP contribution in [-0.4, -0.2) is 8.42 Å². The van der Waals surface area contributed by atoms with Gasteiger partial charge in [0.2, 0.25) is 9.84 Å². The van der Waals surface area contributed by atoms with Crippen LogP contribution in [0.2, 0.25) is 5.02 Å². The lowest BCUT2D eigenvalue weighted by Gasteiger charge is -2.07. The van der Waals surface area contributed by atoms with E-state index in [-0.39, 0.29) is 9.80 Å². The monoisotopic (exact) mass is 409 g/mol. The summed E-state index contributed by atoms with van der Waals surface area (Å²) in [4.78, 5) is -0.337. The number of hydrogen-bond donors (Lipinski definition) is 0. The molecule has 140 valence electrons. The minimum absolute atomic E-state index is 0.0150. The fourth-order valence-electron chi connectivity index (χ4n) is 2.50. The Kier molecular flexibility index (Phi) is 6.15. The summed E-state index contributed by atoms with van der Waals surface area (Å²) in [5.41, 5.74) is 1.58. The minimum Gasteiger partial charge on any atom is -0.489 e. The Labute approximate surface area is 169 Å². The maximum atomic E-state index is 12.7. The summed E-state index contributed by atoms with van der Waals surface area (Å²) in [5.74, 6) is 0.582. The van der Waals surface area contributed by atoms with Crippen molar-refractivity contribution in [3.8, 4) is 11.8 Å². The molecule has 28 heavy (non-hydrogen) atoms. The normalized spacial score (nSPS) is 11.6. The molecule has 3 aromatic rings. The van der Waals surface area contributed by atoms with Crippen molar-refractivity contribution in [3.05, 3.63) is 99.9 Å². The maximum Gasteiger partial charge on any atom is 0.216 e. The number of rotatable bonds is 6. The van der Waals surface area contributed by atoms with E-state index < -0.39 is 9.84 Å². The average molecular weight is 410 g/mol. The molecule has 0 spiro atoms. The summed E-state index contributed by atoms with van der Waals surface area (Å²) in [6.07, 6.45) is 1.33.